The van der Waals surface area contributed by atoms with Gasteiger partial charge in [0, 0.05) is 17.9 Å². The monoisotopic (exact) mass is 278 g/mol. The predicted octanol–water partition coefficient (Wildman–Crippen LogP) is 3.11. The third-order valence-electron chi connectivity index (χ3n) is 3.77. The summed E-state index contributed by atoms with van der Waals surface area (Å²) in [5.74, 6) is 0.964. The van der Waals surface area contributed by atoms with Crippen LogP contribution in [-0.4, -0.2) is 25.6 Å². The number of ether oxygens (including phenoxy) is 3. The van der Waals surface area contributed by atoms with E-state index in [1.807, 2.05) is 38.1 Å². The summed E-state index contributed by atoms with van der Waals surface area (Å²) < 4.78 is 16.7. The fraction of sp³-hybridized carbons (Fsp3) is 0.562. The van der Waals surface area contributed by atoms with Crippen LogP contribution >= 0.6 is 0 Å². The number of ketones is 1. The number of carbonyl (C=O) groups is 1. The standard InChI is InChI=1S/C16H22O4/c1-4-14(17)11(2)15-9-10-19-16(20-15)12-5-7-13(18-3)8-6-12/h5-8,11,15-16H,4,9-10H2,1-3H3/t11-,15+,16+/m0/s1. The average molecular weight is 278 g/mol. The lowest BCUT2D eigenvalue weighted by Crippen LogP contribution is -2.35. The largest absolute Gasteiger partial charge is 0.497 e. The van der Waals surface area contributed by atoms with Crippen molar-refractivity contribution in [2.75, 3.05) is 13.7 Å². The summed E-state index contributed by atoms with van der Waals surface area (Å²) in [4.78, 5) is 11.8. The third-order valence-corrected chi connectivity index (χ3v) is 3.77. The molecule has 1 aromatic rings. The zero-order chi connectivity index (χ0) is 14.5. The maximum Gasteiger partial charge on any atom is 0.184 e. The second kappa shape index (κ2) is 6.86. The molecule has 2 rings (SSSR count). The first-order valence-corrected chi connectivity index (χ1v) is 7.09. The van der Waals surface area contributed by atoms with Crippen molar-refractivity contribution in [2.45, 2.75) is 39.1 Å². The minimum Gasteiger partial charge on any atom is -0.497 e. The molecule has 0 bridgehead atoms. The molecule has 1 heterocycles. The zero-order valence-corrected chi connectivity index (χ0v) is 12.3. The van der Waals surface area contributed by atoms with Gasteiger partial charge in [0.15, 0.2) is 6.29 Å². The quantitative estimate of drug-likeness (QED) is 0.830. The van der Waals surface area contributed by atoms with E-state index in [4.69, 9.17) is 14.2 Å². The maximum atomic E-state index is 11.8. The van der Waals surface area contributed by atoms with Gasteiger partial charge in [-0.25, -0.2) is 0 Å². The molecule has 0 saturated carbocycles. The van der Waals surface area contributed by atoms with Crippen LogP contribution in [0.4, 0.5) is 0 Å². The van der Waals surface area contributed by atoms with Gasteiger partial charge < -0.3 is 14.2 Å². The van der Waals surface area contributed by atoms with E-state index in [-0.39, 0.29) is 17.8 Å². The summed E-state index contributed by atoms with van der Waals surface area (Å²) in [6.07, 6.45) is 0.851. The number of hydrogen-bond acceptors (Lipinski definition) is 4. The van der Waals surface area contributed by atoms with Gasteiger partial charge in [0.25, 0.3) is 0 Å². The van der Waals surface area contributed by atoms with Gasteiger partial charge in [0.05, 0.1) is 19.8 Å². The van der Waals surface area contributed by atoms with Crippen LogP contribution < -0.4 is 4.74 Å². The molecule has 0 unspecified atom stereocenters. The van der Waals surface area contributed by atoms with E-state index >= 15 is 0 Å². The first-order valence-electron chi connectivity index (χ1n) is 7.09. The summed E-state index contributed by atoms with van der Waals surface area (Å²) in [7, 11) is 1.64. The summed E-state index contributed by atoms with van der Waals surface area (Å²) >= 11 is 0. The highest BCUT2D eigenvalue weighted by Gasteiger charge is 2.31. The van der Waals surface area contributed by atoms with E-state index in [9.17, 15) is 4.79 Å². The van der Waals surface area contributed by atoms with Crippen molar-refractivity contribution < 1.29 is 19.0 Å². The van der Waals surface area contributed by atoms with Gasteiger partial charge in [0.1, 0.15) is 11.5 Å². The molecule has 3 atom stereocenters. The number of rotatable bonds is 5. The molecule has 0 aromatic heterocycles. The molecule has 0 spiro atoms. The number of benzene rings is 1. The van der Waals surface area contributed by atoms with Crippen LogP contribution in [0.2, 0.25) is 0 Å². The second-order valence-electron chi connectivity index (χ2n) is 5.05. The Labute approximate surface area is 120 Å². The number of carbonyl (C=O) groups excluding carboxylic acids is 1. The SMILES string of the molecule is CCC(=O)[C@H](C)[C@H]1CCO[C@@H](c2ccc(OC)cc2)O1. The van der Waals surface area contributed by atoms with Crippen molar-refractivity contribution in [2.24, 2.45) is 5.92 Å². The van der Waals surface area contributed by atoms with E-state index in [1.54, 1.807) is 7.11 Å². The molecule has 0 radical (unpaired) electrons. The highest BCUT2D eigenvalue weighted by atomic mass is 16.7. The maximum absolute atomic E-state index is 11.8. The van der Waals surface area contributed by atoms with Gasteiger partial charge in [-0.15, -0.1) is 0 Å². The number of methoxy groups -OCH3 is 1. The molecular weight excluding hydrogens is 256 g/mol. The fourth-order valence-electron chi connectivity index (χ4n) is 2.39. The minimum absolute atomic E-state index is 0.0664. The van der Waals surface area contributed by atoms with Crippen molar-refractivity contribution in [3.8, 4) is 5.75 Å². The van der Waals surface area contributed by atoms with Crippen LogP contribution in [0.25, 0.3) is 0 Å². The molecule has 110 valence electrons. The minimum atomic E-state index is -0.397. The van der Waals surface area contributed by atoms with Gasteiger partial charge >= 0.3 is 0 Å². The predicted molar refractivity (Wildman–Crippen MR) is 75.6 cm³/mol. The molecule has 0 N–H and O–H groups in total. The Balaban J connectivity index is 2.04. The lowest BCUT2D eigenvalue weighted by Gasteiger charge is -2.33. The molecule has 4 nitrogen and oxygen atoms in total. The van der Waals surface area contributed by atoms with E-state index in [0.717, 1.165) is 17.7 Å². The highest BCUT2D eigenvalue weighted by molar-refractivity contribution is 5.80. The lowest BCUT2D eigenvalue weighted by molar-refractivity contribution is -0.226. The molecule has 4 heteroatoms. The van der Waals surface area contributed by atoms with Crippen molar-refractivity contribution >= 4 is 5.78 Å². The Morgan fingerprint density at radius 1 is 1.40 bits per heavy atom. The Bertz CT molecular complexity index is 440. The van der Waals surface area contributed by atoms with E-state index < -0.39 is 6.29 Å². The molecule has 1 aliphatic rings. The van der Waals surface area contributed by atoms with Gasteiger partial charge in [-0.2, -0.15) is 0 Å². The number of hydrogen-bond donors (Lipinski definition) is 0. The zero-order valence-electron chi connectivity index (χ0n) is 12.3. The van der Waals surface area contributed by atoms with Crippen LogP contribution in [0.1, 0.15) is 38.5 Å². The van der Waals surface area contributed by atoms with E-state index in [1.165, 1.54) is 0 Å². The van der Waals surface area contributed by atoms with Crippen molar-refractivity contribution in [3.05, 3.63) is 29.8 Å². The summed E-state index contributed by atoms with van der Waals surface area (Å²) in [5, 5.41) is 0. The van der Waals surface area contributed by atoms with Crippen LogP contribution in [0.3, 0.4) is 0 Å². The highest BCUT2D eigenvalue weighted by Crippen LogP contribution is 2.30. The number of Topliss-reactive ketones (excluding diaryl/α,β-unsaturated/α-hetero) is 1. The molecule has 0 aliphatic carbocycles. The molecule has 1 saturated heterocycles. The van der Waals surface area contributed by atoms with Crippen molar-refractivity contribution in [1.29, 1.82) is 0 Å². The molecule has 20 heavy (non-hydrogen) atoms. The third kappa shape index (κ3) is 3.38. The molecular formula is C16H22O4. The van der Waals surface area contributed by atoms with Crippen LogP contribution in [0, 0.1) is 5.92 Å². The molecule has 1 aromatic carbocycles. The van der Waals surface area contributed by atoms with Crippen LogP contribution in [0.5, 0.6) is 5.75 Å². The van der Waals surface area contributed by atoms with Gasteiger partial charge in [-0.3, -0.25) is 4.79 Å². The van der Waals surface area contributed by atoms with Gasteiger partial charge in [-0.1, -0.05) is 26.0 Å². The second-order valence-corrected chi connectivity index (χ2v) is 5.05. The Morgan fingerprint density at radius 3 is 2.70 bits per heavy atom. The average Bonchev–Trinajstić information content (AvgIpc) is 2.53. The van der Waals surface area contributed by atoms with Crippen LogP contribution in [-0.2, 0) is 14.3 Å². The fourth-order valence-corrected chi connectivity index (χ4v) is 2.39. The van der Waals surface area contributed by atoms with Crippen molar-refractivity contribution in [1.82, 2.24) is 0 Å². The Kier molecular flexibility index (Phi) is 5.15. The first kappa shape index (κ1) is 15.0. The molecule has 1 fully saturated rings. The van der Waals surface area contributed by atoms with E-state index in [0.29, 0.717) is 13.0 Å². The molecule has 0 amide bonds. The summed E-state index contributed by atoms with van der Waals surface area (Å²) in [5.41, 5.74) is 0.951. The lowest BCUT2D eigenvalue weighted by atomic mass is 9.95. The molecule has 1 aliphatic heterocycles. The van der Waals surface area contributed by atoms with Crippen molar-refractivity contribution in [3.63, 3.8) is 0 Å². The van der Waals surface area contributed by atoms with Gasteiger partial charge in [-0.05, 0) is 18.6 Å². The summed E-state index contributed by atoms with van der Waals surface area (Å²) in [6, 6.07) is 7.62. The Morgan fingerprint density at radius 2 is 2.10 bits per heavy atom. The first-order chi connectivity index (χ1) is 9.65. The van der Waals surface area contributed by atoms with Gasteiger partial charge in [0.2, 0.25) is 0 Å². The smallest absolute Gasteiger partial charge is 0.184 e. The normalized spacial score (nSPS) is 24.1. The Hall–Kier alpha value is -1.39. The van der Waals surface area contributed by atoms with Crippen LogP contribution in [0.15, 0.2) is 24.3 Å². The topological polar surface area (TPSA) is 44.8 Å². The van der Waals surface area contributed by atoms with E-state index in [2.05, 4.69) is 0 Å². The summed E-state index contributed by atoms with van der Waals surface area (Å²) in [6.45, 7) is 4.44.